The molecule has 0 bridgehead atoms. The fraction of sp³-hybridized carbons (Fsp3) is 0.867. The number of hydrogen-bond donors (Lipinski definition) is 2. The first-order valence-electron chi connectivity index (χ1n) is 8.18. The quantitative estimate of drug-likeness (QED) is 0.885. The first-order valence-corrected chi connectivity index (χ1v) is 8.18. The van der Waals surface area contributed by atoms with Gasteiger partial charge in [-0.15, -0.1) is 5.10 Å². The van der Waals surface area contributed by atoms with Gasteiger partial charge in [-0.1, -0.05) is 32.1 Å². The zero-order chi connectivity index (χ0) is 13.8. The van der Waals surface area contributed by atoms with E-state index in [4.69, 9.17) is 4.98 Å². The van der Waals surface area contributed by atoms with Crippen LogP contribution in [-0.2, 0) is 6.42 Å². The van der Waals surface area contributed by atoms with Crippen LogP contribution in [0.25, 0.3) is 0 Å². The van der Waals surface area contributed by atoms with Crippen molar-refractivity contribution in [3.8, 4) is 0 Å². The molecular formula is C15H27N5. The molecule has 0 aromatic carbocycles. The molecule has 1 aliphatic heterocycles. The molecule has 0 radical (unpaired) electrons. The Bertz CT molecular complexity index is 402. The molecule has 2 heterocycles. The molecule has 5 nitrogen and oxygen atoms in total. The second-order valence-electron chi connectivity index (χ2n) is 6.34. The minimum atomic E-state index is 0.659. The van der Waals surface area contributed by atoms with Crippen molar-refractivity contribution in [2.75, 3.05) is 25.0 Å². The average molecular weight is 277 g/mol. The molecule has 2 N–H and O–H groups in total. The molecule has 0 unspecified atom stereocenters. The van der Waals surface area contributed by atoms with E-state index in [1.165, 1.54) is 44.9 Å². The van der Waals surface area contributed by atoms with E-state index < -0.39 is 0 Å². The third-order valence-electron chi connectivity index (χ3n) is 4.91. The first-order chi connectivity index (χ1) is 9.85. The summed E-state index contributed by atoms with van der Waals surface area (Å²) in [6.07, 6.45) is 10.4. The molecule has 1 saturated heterocycles. The van der Waals surface area contributed by atoms with Gasteiger partial charge in [0.05, 0.1) is 0 Å². The molecular weight excluding hydrogens is 250 g/mol. The third kappa shape index (κ3) is 3.32. The van der Waals surface area contributed by atoms with Gasteiger partial charge in [0, 0.05) is 25.6 Å². The van der Waals surface area contributed by atoms with Crippen LogP contribution in [0.1, 0.15) is 50.8 Å². The molecule has 0 atom stereocenters. The van der Waals surface area contributed by atoms with Crippen LogP contribution in [0.4, 0.5) is 5.95 Å². The van der Waals surface area contributed by atoms with E-state index in [0.29, 0.717) is 6.04 Å². The van der Waals surface area contributed by atoms with E-state index in [0.717, 1.165) is 37.2 Å². The van der Waals surface area contributed by atoms with E-state index in [1.54, 1.807) is 0 Å². The van der Waals surface area contributed by atoms with Gasteiger partial charge in [0.25, 0.3) is 0 Å². The smallest absolute Gasteiger partial charge is 0.244 e. The summed E-state index contributed by atoms with van der Waals surface area (Å²) < 4.78 is 0. The lowest BCUT2D eigenvalue weighted by atomic mass is 9.87. The van der Waals surface area contributed by atoms with Gasteiger partial charge in [-0.2, -0.15) is 4.98 Å². The fourth-order valence-electron chi connectivity index (χ4n) is 3.55. The van der Waals surface area contributed by atoms with Crippen LogP contribution in [0, 0.1) is 5.92 Å². The monoisotopic (exact) mass is 277 g/mol. The summed E-state index contributed by atoms with van der Waals surface area (Å²) >= 11 is 0. The molecule has 1 aromatic heterocycles. The number of hydrogen-bond acceptors (Lipinski definition) is 4. The largest absolute Gasteiger partial charge is 0.339 e. The van der Waals surface area contributed by atoms with E-state index in [1.807, 2.05) is 0 Å². The van der Waals surface area contributed by atoms with Crippen LogP contribution in [-0.4, -0.2) is 41.4 Å². The minimum Gasteiger partial charge on any atom is -0.339 e. The Kier molecular flexibility index (Phi) is 4.55. The highest BCUT2D eigenvalue weighted by atomic mass is 15.4. The minimum absolute atomic E-state index is 0.659. The Hall–Kier alpha value is -1.10. The van der Waals surface area contributed by atoms with Crippen LogP contribution >= 0.6 is 0 Å². The summed E-state index contributed by atoms with van der Waals surface area (Å²) in [5.41, 5.74) is 0. The molecule has 3 rings (SSSR count). The van der Waals surface area contributed by atoms with Crippen LogP contribution in [0.5, 0.6) is 0 Å². The summed E-state index contributed by atoms with van der Waals surface area (Å²) in [4.78, 5) is 7.03. The molecule has 0 amide bonds. The fourth-order valence-corrected chi connectivity index (χ4v) is 3.55. The van der Waals surface area contributed by atoms with Crippen LogP contribution in [0.2, 0.25) is 0 Å². The summed E-state index contributed by atoms with van der Waals surface area (Å²) in [5.74, 6) is 2.81. The van der Waals surface area contributed by atoms with Gasteiger partial charge in [0.1, 0.15) is 5.82 Å². The maximum Gasteiger partial charge on any atom is 0.244 e. The predicted octanol–water partition coefficient (Wildman–Crippen LogP) is 2.12. The zero-order valence-electron chi connectivity index (χ0n) is 12.6. The maximum atomic E-state index is 4.72. The molecule has 1 aromatic rings. The highest BCUT2D eigenvalue weighted by Crippen LogP contribution is 2.26. The van der Waals surface area contributed by atoms with Gasteiger partial charge in [0.15, 0.2) is 0 Å². The van der Waals surface area contributed by atoms with Crippen molar-refractivity contribution in [2.24, 2.45) is 5.92 Å². The van der Waals surface area contributed by atoms with E-state index >= 15 is 0 Å². The Balaban J connectivity index is 1.54. The molecule has 1 saturated carbocycles. The Morgan fingerprint density at radius 2 is 1.90 bits per heavy atom. The van der Waals surface area contributed by atoms with E-state index in [9.17, 15) is 0 Å². The maximum absolute atomic E-state index is 4.72. The number of piperidine rings is 1. The highest BCUT2D eigenvalue weighted by Gasteiger charge is 2.21. The van der Waals surface area contributed by atoms with Gasteiger partial charge < -0.3 is 10.2 Å². The summed E-state index contributed by atoms with van der Waals surface area (Å²) in [6, 6.07) is 0.659. The summed E-state index contributed by atoms with van der Waals surface area (Å²) in [5, 5.41) is 10.9. The number of rotatable bonds is 4. The predicted molar refractivity (Wildman–Crippen MR) is 81.0 cm³/mol. The molecule has 5 heteroatoms. The molecule has 112 valence electrons. The van der Waals surface area contributed by atoms with Gasteiger partial charge >= 0.3 is 0 Å². The summed E-state index contributed by atoms with van der Waals surface area (Å²) in [6.45, 7) is 2.12. The molecule has 2 fully saturated rings. The lowest BCUT2D eigenvalue weighted by molar-refractivity contribution is 0.352. The van der Waals surface area contributed by atoms with Crippen molar-refractivity contribution in [3.63, 3.8) is 0 Å². The topological polar surface area (TPSA) is 56.8 Å². The molecule has 1 aliphatic carbocycles. The van der Waals surface area contributed by atoms with E-state index in [-0.39, 0.29) is 0 Å². The second-order valence-corrected chi connectivity index (χ2v) is 6.34. The van der Waals surface area contributed by atoms with Crippen molar-refractivity contribution < 1.29 is 0 Å². The number of H-pyrrole nitrogens is 1. The van der Waals surface area contributed by atoms with Gasteiger partial charge in [-0.3, -0.25) is 5.10 Å². The molecule has 20 heavy (non-hydrogen) atoms. The van der Waals surface area contributed by atoms with Crippen LogP contribution < -0.4 is 10.2 Å². The van der Waals surface area contributed by atoms with Gasteiger partial charge in [-0.05, 0) is 25.8 Å². The number of aromatic amines is 1. The zero-order valence-corrected chi connectivity index (χ0v) is 12.6. The number of anilines is 1. The van der Waals surface area contributed by atoms with E-state index in [2.05, 4.69) is 27.5 Å². The van der Waals surface area contributed by atoms with Crippen molar-refractivity contribution in [3.05, 3.63) is 5.82 Å². The third-order valence-corrected chi connectivity index (χ3v) is 4.91. The van der Waals surface area contributed by atoms with Crippen molar-refractivity contribution >= 4 is 5.95 Å². The number of aromatic nitrogens is 3. The Morgan fingerprint density at radius 1 is 1.15 bits per heavy atom. The standard InChI is InChI=1S/C15H27N5/c1-16-13-7-9-20(10-8-13)15-17-14(18-19-15)11-12-5-3-2-4-6-12/h12-13,16H,2-11H2,1H3,(H,17,18,19). The molecule has 0 spiro atoms. The highest BCUT2D eigenvalue weighted by molar-refractivity contribution is 5.29. The van der Waals surface area contributed by atoms with Crippen molar-refractivity contribution in [1.82, 2.24) is 20.5 Å². The van der Waals surface area contributed by atoms with Gasteiger partial charge in [-0.25, -0.2) is 0 Å². The van der Waals surface area contributed by atoms with Crippen LogP contribution in [0.15, 0.2) is 0 Å². The lowest BCUT2D eigenvalue weighted by Crippen LogP contribution is -2.41. The second kappa shape index (κ2) is 6.57. The number of nitrogens with zero attached hydrogens (tertiary/aromatic N) is 3. The van der Waals surface area contributed by atoms with Crippen molar-refractivity contribution in [2.45, 2.75) is 57.4 Å². The average Bonchev–Trinajstić information content (AvgIpc) is 2.97. The summed E-state index contributed by atoms with van der Waals surface area (Å²) in [7, 11) is 2.05. The molecule has 2 aliphatic rings. The van der Waals surface area contributed by atoms with Gasteiger partial charge in [0.2, 0.25) is 5.95 Å². The lowest BCUT2D eigenvalue weighted by Gasteiger charge is -2.30. The normalized spacial score (nSPS) is 22.4. The van der Waals surface area contributed by atoms with Crippen LogP contribution in [0.3, 0.4) is 0 Å². The number of nitrogens with one attached hydrogen (secondary N) is 2. The first kappa shape index (κ1) is 13.9. The Morgan fingerprint density at radius 3 is 2.60 bits per heavy atom. The Labute approximate surface area is 121 Å². The van der Waals surface area contributed by atoms with Crippen molar-refractivity contribution in [1.29, 1.82) is 0 Å². The SMILES string of the molecule is CNC1CCN(c2n[nH]c(CC3CCCCC3)n2)CC1.